The third-order valence-corrected chi connectivity index (χ3v) is 4.63. The first-order chi connectivity index (χ1) is 13.0. The van der Waals surface area contributed by atoms with E-state index in [-0.39, 0.29) is 18.1 Å². The van der Waals surface area contributed by atoms with Gasteiger partial charge < -0.3 is 24.5 Å². The molecule has 7 heteroatoms. The van der Waals surface area contributed by atoms with Crippen molar-refractivity contribution >= 4 is 28.1 Å². The molecule has 0 aliphatic carbocycles. The standard InChI is InChI=1S/C20H20N4O3/c1-11-4-5-15-16(6-11)23-20(22-15)18-17(25)10-24(19(18)21)12-7-13(26-2)9-14(8-12)27-3/h4-9,21,25H,10H2,1-3H3,(H,22,23). The lowest BCUT2D eigenvalue weighted by Crippen LogP contribution is -2.26. The molecule has 0 amide bonds. The van der Waals surface area contributed by atoms with Crippen molar-refractivity contribution in [3.8, 4) is 11.5 Å². The van der Waals surface area contributed by atoms with Gasteiger partial charge in [-0.1, -0.05) is 6.07 Å². The molecule has 2 aromatic carbocycles. The number of aromatic nitrogens is 2. The molecular formula is C20H20N4O3. The number of aliphatic hydroxyl groups is 1. The quantitative estimate of drug-likeness (QED) is 0.657. The topological polar surface area (TPSA) is 94.5 Å². The van der Waals surface area contributed by atoms with Crippen LogP contribution >= 0.6 is 0 Å². The molecule has 1 aliphatic heterocycles. The van der Waals surface area contributed by atoms with Gasteiger partial charge in [0.15, 0.2) is 0 Å². The maximum Gasteiger partial charge on any atom is 0.145 e. The van der Waals surface area contributed by atoms with Gasteiger partial charge in [0.2, 0.25) is 0 Å². The van der Waals surface area contributed by atoms with Crippen molar-refractivity contribution in [2.45, 2.75) is 6.92 Å². The molecule has 4 rings (SSSR count). The van der Waals surface area contributed by atoms with E-state index < -0.39 is 0 Å². The van der Waals surface area contributed by atoms with E-state index in [9.17, 15) is 5.11 Å². The smallest absolute Gasteiger partial charge is 0.145 e. The molecule has 0 atom stereocenters. The highest BCUT2D eigenvalue weighted by Gasteiger charge is 2.31. The summed E-state index contributed by atoms with van der Waals surface area (Å²) in [5.41, 5.74) is 3.88. The average Bonchev–Trinajstić information content (AvgIpc) is 3.20. The lowest BCUT2D eigenvalue weighted by Gasteiger charge is -2.20. The number of hydrogen-bond acceptors (Lipinski definition) is 5. The molecule has 0 unspecified atom stereocenters. The number of nitrogens with zero attached hydrogens (tertiary/aromatic N) is 2. The lowest BCUT2D eigenvalue weighted by molar-refractivity contribution is 0.394. The summed E-state index contributed by atoms with van der Waals surface area (Å²) in [6.07, 6.45) is 0. The highest BCUT2D eigenvalue weighted by Crippen LogP contribution is 2.35. The van der Waals surface area contributed by atoms with Gasteiger partial charge in [-0.2, -0.15) is 0 Å². The Hall–Kier alpha value is -3.48. The lowest BCUT2D eigenvalue weighted by atomic mass is 10.2. The van der Waals surface area contributed by atoms with E-state index in [2.05, 4.69) is 9.97 Å². The predicted octanol–water partition coefficient (Wildman–Crippen LogP) is 3.66. The van der Waals surface area contributed by atoms with Gasteiger partial charge in [-0.05, 0) is 24.6 Å². The Morgan fingerprint density at radius 2 is 1.81 bits per heavy atom. The molecule has 3 N–H and O–H groups in total. The van der Waals surface area contributed by atoms with E-state index in [1.54, 1.807) is 37.3 Å². The van der Waals surface area contributed by atoms with Crippen LogP contribution in [0.25, 0.3) is 16.6 Å². The summed E-state index contributed by atoms with van der Waals surface area (Å²) >= 11 is 0. The number of fused-ring (bicyclic) bond motifs is 1. The minimum absolute atomic E-state index is 0.0950. The van der Waals surface area contributed by atoms with Crippen molar-refractivity contribution in [3.63, 3.8) is 0 Å². The van der Waals surface area contributed by atoms with Crippen LogP contribution in [0, 0.1) is 12.3 Å². The van der Waals surface area contributed by atoms with Crippen LogP contribution in [0.2, 0.25) is 0 Å². The van der Waals surface area contributed by atoms with Gasteiger partial charge >= 0.3 is 0 Å². The number of imidazole rings is 1. The van der Waals surface area contributed by atoms with Crippen molar-refractivity contribution < 1.29 is 14.6 Å². The zero-order valence-electron chi connectivity index (χ0n) is 15.3. The van der Waals surface area contributed by atoms with Crippen LogP contribution in [0.15, 0.2) is 42.2 Å². The van der Waals surface area contributed by atoms with Crippen molar-refractivity contribution in [1.82, 2.24) is 9.97 Å². The van der Waals surface area contributed by atoms with E-state index in [0.29, 0.717) is 28.6 Å². The molecule has 0 saturated heterocycles. The van der Waals surface area contributed by atoms with Crippen LogP contribution in [0.5, 0.6) is 11.5 Å². The average molecular weight is 364 g/mol. The number of aliphatic hydroxyl groups excluding tert-OH is 1. The van der Waals surface area contributed by atoms with E-state index in [4.69, 9.17) is 14.9 Å². The molecular weight excluding hydrogens is 344 g/mol. The van der Waals surface area contributed by atoms with Gasteiger partial charge in [0.25, 0.3) is 0 Å². The summed E-state index contributed by atoms with van der Waals surface area (Å²) < 4.78 is 10.6. The number of ether oxygens (including phenoxy) is 2. The second-order valence-corrected chi connectivity index (χ2v) is 6.43. The van der Waals surface area contributed by atoms with E-state index in [1.165, 1.54) is 0 Å². The zero-order valence-corrected chi connectivity index (χ0v) is 15.3. The van der Waals surface area contributed by atoms with Crippen LogP contribution in [-0.4, -0.2) is 41.7 Å². The van der Waals surface area contributed by atoms with Crippen LogP contribution in [0.1, 0.15) is 11.4 Å². The van der Waals surface area contributed by atoms with E-state index >= 15 is 0 Å². The summed E-state index contributed by atoms with van der Waals surface area (Å²) in [4.78, 5) is 9.44. The highest BCUT2D eigenvalue weighted by atomic mass is 16.5. The van der Waals surface area contributed by atoms with E-state index in [0.717, 1.165) is 16.6 Å². The fourth-order valence-electron chi connectivity index (χ4n) is 3.24. The molecule has 0 bridgehead atoms. The number of methoxy groups -OCH3 is 2. The fourth-order valence-corrected chi connectivity index (χ4v) is 3.24. The van der Waals surface area contributed by atoms with Crippen molar-refractivity contribution in [2.24, 2.45) is 0 Å². The molecule has 0 fully saturated rings. The fraction of sp³-hybridized carbons (Fsp3) is 0.200. The van der Waals surface area contributed by atoms with Crippen LogP contribution in [-0.2, 0) is 0 Å². The number of aryl methyl sites for hydroxylation is 1. The predicted molar refractivity (Wildman–Crippen MR) is 105 cm³/mol. The Bertz CT molecular complexity index is 1060. The number of amidine groups is 1. The zero-order chi connectivity index (χ0) is 19.1. The van der Waals surface area contributed by atoms with Gasteiger partial charge in [-0.15, -0.1) is 0 Å². The van der Waals surface area contributed by atoms with Crippen molar-refractivity contribution in [3.05, 3.63) is 53.5 Å². The Labute approximate surface area is 156 Å². The minimum Gasteiger partial charge on any atom is -0.509 e. The number of hydrogen-bond donors (Lipinski definition) is 3. The Morgan fingerprint density at radius 1 is 1.11 bits per heavy atom. The molecule has 0 spiro atoms. The van der Waals surface area contributed by atoms with Gasteiger partial charge in [0, 0.05) is 18.2 Å². The molecule has 0 radical (unpaired) electrons. The summed E-state index contributed by atoms with van der Waals surface area (Å²) in [6.45, 7) is 2.19. The third kappa shape index (κ3) is 2.87. The second-order valence-electron chi connectivity index (χ2n) is 6.43. The SMILES string of the molecule is COc1cc(OC)cc(N2CC(O)=C(c3nc4ccc(C)cc4[nH]3)C2=N)c1. The van der Waals surface area contributed by atoms with Gasteiger partial charge in [-0.3, -0.25) is 5.41 Å². The third-order valence-electron chi connectivity index (χ3n) is 4.63. The van der Waals surface area contributed by atoms with Crippen LogP contribution in [0.4, 0.5) is 5.69 Å². The van der Waals surface area contributed by atoms with E-state index in [1.807, 2.05) is 25.1 Å². The van der Waals surface area contributed by atoms with Gasteiger partial charge in [-0.25, -0.2) is 4.98 Å². The maximum absolute atomic E-state index is 10.6. The molecule has 2 heterocycles. The largest absolute Gasteiger partial charge is 0.509 e. The number of nitrogens with one attached hydrogen (secondary N) is 2. The Kier molecular flexibility index (Phi) is 3.99. The molecule has 1 aliphatic rings. The van der Waals surface area contributed by atoms with Crippen molar-refractivity contribution in [2.75, 3.05) is 25.7 Å². The number of H-pyrrole nitrogens is 1. The normalized spacial score (nSPS) is 14.3. The molecule has 27 heavy (non-hydrogen) atoms. The summed E-state index contributed by atoms with van der Waals surface area (Å²) in [7, 11) is 3.15. The van der Waals surface area contributed by atoms with Crippen LogP contribution in [0.3, 0.4) is 0 Å². The molecule has 138 valence electrons. The Balaban J connectivity index is 1.72. The first-order valence-electron chi connectivity index (χ1n) is 8.48. The molecule has 1 aromatic heterocycles. The van der Waals surface area contributed by atoms with Crippen LogP contribution < -0.4 is 14.4 Å². The number of anilines is 1. The first kappa shape index (κ1) is 17.0. The Morgan fingerprint density at radius 3 is 2.48 bits per heavy atom. The van der Waals surface area contributed by atoms with Gasteiger partial charge in [0.05, 0.1) is 43.1 Å². The number of aromatic amines is 1. The highest BCUT2D eigenvalue weighted by molar-refractivity contribution is 6.30. The molecule has 3 aromatic rings. The summed E-state index contributed by atoms with van der Waals surface area (Å²) in [6, 6.07) is 11.3. The summed E-state index contributed by atoms with van der Waals surface area (Å²) in [5.74, 6) is 1.97. The van der Waals surface area contributed by atoms with Crippen molar-refractivity contribution in [1.29, 1.82) is 5.41 Å². The molecule has 7 nitrogen and oxygen atoms in total. The minimum atomic E-state index is 0.0950. The summed E-state index contributed by atoms with van der Waals surface area (Å²) in [5, 5.41) is 19.2. The monoisotopic (exact) mass is 364 g/mol. The first-order valence-corrected chi connectivity index (χ1v) is 8.48. The van der Waals surface area contributed by atoms with Gasteiger partial charge in [0.1, 0.15) is 28.9 Å². The molecule has 0 saturated carbocycles. The maximum atomic E-state index is 10.6. The number of benzene rings is 2. The second kappa shape index (κ2) is 6.35. The number of rotatable bonds is 4.